The molecule has 1 saturated heterocycles. The topological polar surface area (TPSA) is 66.8 Å². The summed E-state index contributed by atoms with van der Waals surface area (Å²) >= 11 is 0. The van der Waals surface area contributed by atoms with Crippen molar-refractivity contribution < 1.29 is 19.4 Å². The normalized spacial score (nSPS) is 22.1. The van der Waals surface area contributed by atoms with Gasteiger partial charge in [-0.25, -0.2) is 0 Å². The number of hydrogen-bond acceptors (Lipinski definition) is 3. The lowest BCUT2D eigenvalue weighted by molar-refractivity contribution is -0.149. The minimum atomic E-state index is -0.887. The maximum atomic E-state index is 12.6. The van der Waals surface area contributed by atoms with Gasteiger partial charge in [-0.1, -0.05) is 24.3 Å². The first kappa shape index (κ1) is 14.1. The Labute approximate surface area is 123 Å². The van der Waals surface area contributed by atoms with Crippen LogP contribution in [-0.4, -0.2) is 47.7 Å². The van der Waals surface area contributed by atoms with Crippen molar-refractivity contribution in [3.05, 3.63) is 35.4 Å². The summed E-state index contributed by atoms with van der Waals surface area (Å²) in [5.74, 6) is -0.765. The Kier molecular flexibility index (Phi) is 3.92. The smallest absolute Gasteiger partial charge is 0.306 e. The molecule has 1 N–H and O–H groups in total. The molecule has 1 fully saturated rings. The van der Waals surface area contributed by atoms with E-state index in [1.807, 2.05) is 12.1 Å². The summed E-state index contributed by atoms with van der Waals surface area (Å²) in [7, 11) is 0. The highest BCUT2D eigenvalue weighted by atomic mass is 16.5. The van der Waals surface area contributed by atoms with E-state index in [4.69, 9.17) is 9.84 Å². The number of morpholine rings is 1. The molecule has 1 unspecified atom stereocenters. The molecule has 0 saturated carbocycles. The first-order valence-electron chi connectivity index (χ1n) is 7.32. The third-order valence-corrected chi connectivity index (χ3v) is 4.25. The van der Waals surface area contributed by atoms with E-state index >= 15 is 0 Å². The Balaban J connectivity index is 1.62. The van der Waals surface area contributed by atoms with Crippen molar-refractivity contribution in [1.29, 1.82) is 0 Å². The maximum Gasteiger partial charge on any atom is 0.306 e. The van der Waals surface area contributed by atoms with Gasteiger partial charge in [0.05, 0.1) is 19.1 Å². The van der Waals surface area contributed by atoms with Crippen molar-refractivity contribution >= 4 is 11.9 Å². The largest absolute Gasteiger partial charge is 0.481 e. The Hall–Kier alpha value is -1.88. The van der Waals surface area contributed by atoms with Crippen LogP contribution in [0.25, 0.3) is 0 Å². The Morgan fingerprint density at radius 3 is 2.52 bits per heavy atom. The van der Waals surface area contributed by atoms with Gasteiger partial charge in [-0.05, 0) is 24.0 Å². The number of rotatable bonds is 3. The van der Waals surface area contributed by atoms with Crippen LogP contribution < -0.4 is 0 Å². The molecule has 1 aliphatic carbocycles. The van der Waals surface area contributed by atoms with Crippen LogP contribution in [0.1, 0.15) is 17.5 Å². The second-order valence-electron chi connectivity index (χ2n) is 5.75. The quantitative estimate of drug-likeness (QED) is 0.905. The van der Waals surface area contributed by atoms with Gasteiger partial charge in [0, 0.05) is 19.0 Å². The summed E-state index contributed by atoms with van der Waals surface area (Å²) in [5, 5.41) is 8.84. The predicted molar refractivity (Wildman–Crippen MR) is 75.9 cm³/mol. The van der Waals surface area contributed by atoms with E-state index in [0.717, 1.165) is 12.8 Å². The van der Waals surface area contributed by atoms with E-state index in [2.05, 4.69) is 12.1 Å². The van der Waals surface area contributed by atoms with E-state index in [1.165, 1.54) is 11.1 Å². The number of nitrogens with zero attached hydrogens (tertiary/aromatic N) is 1. The number of benzene rings is 1. The maximum absolute atomic E-state index is 12.6. The summed E-state index contributed by atoms with van der Waals surface area (Å²) in [6.07, 6.45) is 1.14. The third-order valence-electron chi connectivity index (χ3n) is 4.25. The molecule has 0 bridgehead atoms. The summed E-state index contributed by atoms with van der Waals surface area (Å²) in [6, 6.07) is 8.16. The van der Waals surface area contributed by atoms with Crippen molar-refractivity contribution in [3.8, 4) is 0 Å². The molecular weight excluding hydrogens is 270 g/mol. The average Bonchev–Trinajstić information content (AvgIpc) is 2.90. The fraction of sp³-hybridized carbons (Fsp3) is 0.500. The van der Waals surface area contributed by atoms with Crippen LogP contribution in [0.2, 0.25) is 0 Å². The summed E-state index contributed by atoms with van der Waals surface area (Å²) in [4.78, 5) is 25.2. The fourth-order valence-corrected chi connectivity index (χ4v) is 3.23. The zero-order chi connectivity index (χ0) is 14.8. The molecule has 3 rings (SSSR count). The molecule has 21 heavy (non-hydrogen) atoms. The molecule has 0 spiro atoms. The fourth-order valence-electron chi connectivity index (χ4n) is 3.23. The molecule has 112 valence electrons. The number of carboxylic acids is 1. The number of carbonyl (C=O) groups is 2. The average molecular weight is 289 g/mol. The molecule has 1 atom stereocenters. The summed E-state index contributed by atoms with van der Waals surface area (Å²) in [6.45, 7) is 1.36. The molecule has 5 nitrogen and oxygen atoms in total. The second-order valence-corrected chi connectivity index (χ2v) is 5.75. The van der Waals surface area contributed by atoms with Gasteiger partial charge in [0.1, 0.15) is 0 Å². The monoisotopic (exact) mass is 289 g/mol. The Bertz CT molecular complexity index is 532. The van der Waals surface area contributed by atoms with E-state index in [-0.39, 0.29) is 24.3 Å². The molecule has 1 heterocycles. The lowest BCUT2D eigenvalue weighted by Gasteiger charge is -2.33. The van der Waals surface area contributed by atoms with Crippen LogP contribution in [-0.2, 0) is 27.2 Å². The molecule has 1 aromatic rings. The van der Waals surface area contributed by atoms with Gasteiger partial charge in [0.25, 0.3) is 0 Å². The van der Waals surface area contributed by atoms with E-state index in [9.17, 15) is 9.59 Å². The van der Waals surface area contributed by atoms with Crippen LogP contribution >= 0.6 is 0 Å². The van der Waals surface area contributed by atoms with E-state index < -0.39 is 5.97 Å². The van der Waals surface area contributed by atoms with Crippen molar-refractivity contribution in [3.63, 3.8) is 0 Å². The first-order valence-corrected chi connectivity index (χ1v) is 7.32. The first-order chi connectivity index (χ1) is 10.1. The van der Waals surface area contributed by atoms with Gasteiger partial charge in [-0.2, -0.15) is 0 Å². The van der Waals surface area contributed by atoms with Crippen molar-refractivity contribution in [2.24, 2.45) is 5.92 Å². The van der Waals surface area contributed by atoms with Crippen LogP contribution in [0.15, 0.2) is 24.3 Å². The number of aliphatic carboxylic acids is 1. The number of carbonyl (C=O) groups excluding carboxylic acids is 1. The third kappa shape index (κ3) is 3.08. The van der Waals surface area contributed by atoms with Gasteiger partial charge in [-0.15, -0.1) is 0 Å². The van der Waals surface area contributed by atoms with Crippen LogP contribution in [0, 0.1) is 5.92 Å². The Morgan fingerprint density at radius 1 is 1.24 bits per heavy atom. The molecule has 2 aliphatic rings. The highest BCUT2D eigenvalue weighted by molar-refractivity contribution is 5.80. The number of fused-ring (bicyclic) bond motifs is 1. The van der Waals surface area contributed by atoms with E-state index in [0.29, 0.717) is 19.7 Å². The van der Waals surface area contributed by atoms with E-state index in [1.54, 1.807) is 4.90 Å². The van der Waals surface area contributed by atoms with Gasteiger partial charge >= 0.3 is 5.97 Å². The van der Waals surface area contributed by atoms with Crippen LogP contribution in [0.3, 0.4) is 0 Å². The molecular formula is C16H19NO4. The lowest BCUT2D eigenvalue weighted by atomic mass is 10.0. The SMILES string of the molecule is O=C(O)CC1CN(C(=O)C2Cc3ccccc3C2)CCO1. The zero-order valence-corrected chi connectivity index (χ0v) is 11.8. The van der Waals surface area contributed by atoms with Crippen molar-refractivity contribution in [1.82, 2.24) is 4.90 Å². The van der Waals surface area contributed by atoms with Crippen LogP contribution in [0.5, 0.6) is 0 Å². The molecule has 0 aromatic heterocycles. The summed E-state index contributed by atoms with van der Waals surface area (Å²) in [5.41, 5.74) is 2.51. The minimum absolute atomic E-state index is 0.00835. The highest BCUT2D eigenvalue weighted by Crippen LogP contribution is 2.28. The molecule has 1 aromatic carbocycles. The number of hydrogen-bond donors (Lipinski definition) is 1. The second kappa shape index (κ2) is 5.85. The zero-order valence-electron chi connectivity index (χ0n) is 11.8. The summed E-state index contributed by atoms with van der Waals surface area (Å²) < 4.78 is 5.42. The van der Waals surface area contributed by atoms with Crippen LogP contribution in [0.4, 0.5) is 0 Å². The molecule has 1 amide bonds. The van der Waals surface area contributed by atoms with Gasteiger partial charge in [0.2, 0.25) is 5.91 Å². The van der Waals surface area contributed by atoms with Gasteiger partial charge in [0.15, 0.2) is 0 Å². The predicted octanol–water partition coefficient (Wildman–Crippen LogP) is 1.10. The number of carboxylic acid groups (broad SMARTS) is 1. The molecule has 1 aliphatic heterocycles. The van der Waals surface area contributed by atoms with Crippen molar-refractivity contribution in [2.45, 2.75) is 25.4 Å². The van der Waals surface area contributed by atoms with Crippen molar-refractivity contribution in [2.75, 3.05) is 19.7 Å². The van der Waals surface area contributed by atoms with Gasteiger partial charge < -0.3 is 14.7 Å². The standard InChI is InChI=1S/C16H19NO4/c18-15(19)9-14-10-17(5-6-21-14)16(20)13-7-11-3-1-2-4-12(11)8-13/h1-4,13-14H,5-10H2,(H,18,19). The van der Waals surface area contributed by atoms with Gasteiger partial charge in [-0.3, -0.25) is 9.59 Å². The molecule has 0 radical (unpaired) electrons. The lowest BCUT2D eigenvalue weighted by Crippen LogP contribution is -2.48. The minimum Gasteiger partial charge on any atom is -0.481 e. The molecule has 5 heteroatoms. The Morgan fingerprint density at radius 2 is 1.90 bits per heavy atom. The number of ether oxygens (including phenoxy) is 1. The number of amides is 1. The highest BCUT2D eigenvalue weighted by Gasteiger charge is 2.33.